The van der Waals surface area contributed by atoms with Gasteiger partial charge in [0.25, 0.3) is 0 Å². The maximum Gasteiger partial charge on any atom is 0.337 e. The largest absolute Gasteiger partial charge is 0.497 e. The van der Waals surface area contributed by atoms with Gasteiger partial charge < -0.3 is 38.2 Å². The van der Waals surface area contributed by atoms with Crippen molar-refractivity contribution in [2.75, 3.05) is 52.5 Å². The molecule has 0 saturated carbocycles. The van der Waals surface area contributed by atoms with Crippen LogP contribution < -0.4 is 28.7 Å². The second-order valence-electron chi connectivity index (χ2n) is 15.9. The van der Waals surface area contributed by atoms with Crippen LogP contribution in [0.1, 0.15) is 43.0 Å². The lowest BCUT2D eigenvalue weighted by Gasteiger charge is -2.26. The predicted octanol–water partition coefficient (Wildman–Crippen LogP) is 13.2. The van der Waals surface area contributed by atoms with E-state index in [4.69, 9.17) is 28.4 Å². The van der Waals surface area contributed by atoms with Gasteiger partial charge in [0.15, 0.2) is 0 Å². The lowest BCUT2D eigenvalue weighted by atomic mass is 9.93. The Kier molecular flexibility index (Phi) is 15.7. The van der Waals surface area contributed by atoms with Crippen molar-refractivity contribution >= 4 is 57.2 Å². The first-order valence-corrected chi connectivity index (χ1v) is 22.7. The van der Waals surface area contributed by atoms with E-state index >= 15 is 0 Å². The molecule has 0 aliphatic carbocycles. The highest BCUT2D eigenvalue weighted by molar-refractivity contribution is 6.05. The van der Waals surface area contributed by atoms with Crippen molar-refractivity contribution < 1.29 is 38.0 Å². The summed E-state index contributed by atoms with van der Waals surface area (Å²) in [5, 5.41) is 0. The number of esters is 2. The summed E-state index contributed by atoms with van der Waals surface area (Å²) in [5.41, 5.74) is 10.5. The Morgan fingerprint density at radius 2 is 0.528 bits per heavy atom. The van der Waals surface area contributed by atoms with E-state index in [2.05, 4.69) is 57.7 Å². The molecule has 0 aromatic heterocycles. The Balaban J connectivity index is 1.31. The summed E-state index contributed by atoms with van der Waals surface area (Å²) in [6, 6.07) is 61.8. The van der Waals surface area contributed by atoms with Crippen molar-refractivity contribution in [3.8, 4) is 46.7 Å². The molecule has 0 N–H and O–H groups in total. The molecule has 0 radical (unpaired) electrons. The van der Waals surface area contributed by atoms with Gasteiger partial charge in [0.1, 0.15) is 23.0 Å². The lowest BCUT2D eigenvalue weighted by Crippen LogP contribution is -2.10. The number of nitrogens with zero attached hydrogens (tertiary/aromatic N) is 2. The number of benzene rings is 8. The fourth-order valence-electron chi connectivity index (χ4n) is 7.82. The van der Waals surface area contributed by atoms with Crippen LogP contribution in [0.2, 0.25) is 0 Å². The molecular weight excluding hydrogens is 901 g/mol. The lowest BCUT2D eigenvalue weighted by molar-refractivity contribution is 0.0592. The zero-order valence-electron chi connectivity index (χ0n) is 40.6. The summed E-state index contributed by atoms with van der Waals surface area (Å²) in [6.45, 7) is 0. The van der Waals surface area contributed by atoms with Crippen molar-refractivity contribution in [2.24, 2.45) is 0 Å². The Bertz CT molecular complexity index is 2970. The molecule has 0 fully saturated rings. The summed E-state index contributed by atoms with van der Waals surface area (Å²) in [4.78, 5) is 29.0. The van der Waals surface area contributed by atoms with Gasteiger partial charge >= 0.3 is 11.9 Å². The Hall–Kier alpha value is -9.64. The van der Waals surface area contributed by atoms with Gasteiger partial charge in [0.05, 0.1) is 53.8 Å². The van der Waals surface area contributed by atoms with Gasteiger partial charge in [0, 0.05) is 56.4 Å². The number of rotatable bonds is 14. The highest BCUT2D eigenvalue weighted by atomic mass is 16.5. The van der Waals surface area contributed by atoms with Gasteiger partial charge in [-0.1, -0.05) is 47.9 Å². The van der Waals surface area contributed by atoms with E-state index in [-0.39, 0.29) is 0 Å². The van der Waals surface area contributed by atoms with Crippen molar-refractivity contribution in [3.05, 3.63) is 228 Å². The van der Waals surface area contributed by atoms with Crippen molar-refractivity contribution in [3.63, 3.8) is 0 Å². The monoisotopic (exact) mass is 950 g/mol. The number of allylic oxidation sites excluding steroid dienone is 2. The SMILES string of the molecule is COC(=O)c1ccc(C#C/C(=C(/C#Cc2ccc(C(=O)OC)cc2)c2ccc(N(c3ccc(OC)cc3)c3ccc(OC)cc3)cc2)c2ccc(N(c3ccc(OC)cc3)c3ccc(OC)cc3)cc2)cc1. The summed E-state index contributed by atoms with van der Waals surface area (Å²) in [6.07, 6.45) is 0. The van der Waals surface area contributed by atoms with Gasteiger partial charge in [-0.25, -0.2) is 9.59 Å². The summed E-state index contributed by atoms with van der Waals surface area (Å²) >= 11 is 0. The number of hydrogen-bond donors (Lipinski definition) is 0. The molecule has 0 saturated heterocycles. The molecule has 8 aromatic carbocycles. The molecule has 72 heavy (non-hydrogen) atoms. The number of carbonyl (C=O) groups is 2. The van der Waals surface area contributed by atoms with Crippen molar-refractivity contribution in [2.45, 2.75) is 0 Å². The molecule has 0 aliphatic heterocycles. The van der Waals surface area contributed by atoms with Crippen molar-refractivity contribution in [1.29, 1.82) is 0 Å². The van der Waals surface area contributed by atoms with Crippen LogP contribution in [0.25, 0.3) is 11.1 Å². The molecule has 0 amide bonds. The normalized spacial score (nSPS) is 10.8. The average molecular weight is 951 g/mol. The number of methoxy groups -OCH3 is 6. The molecule has 10 nitrogen and oxygen atoms in total. The summed E-state index contributed by atoms with van der Waals surface area (Å²) in [5.74, 6) is 15.8. The predicted molar refractivity (Wildman–Crippen MR) is 285 cm³/mol. The minimum atomic E-state index is -0.438. The van der Waals surface area contributed by atoms with E-state index in [0.29, 0.717) is 33.4 Å². The van der Waals surface area contributed by atoms with Crippen LogP contribution in [-0.2, 0) is 9.47 Å². The molecule has 8 rings (SSSR count). The third-order valence-corrected chi connectivity index (χ3v) is 11.7. The smallest absolute Gasteiger partial charge is 0.337 e. The summed E-state index contributed by atoms with van der Waals surface area (Å²) in [7, 11) is 9.29. The average Bonchev–Trinajstić information content (AvgIpc) is 3.45. The van der Waals surface area contributed by atoms with Crippen LogP contribution in [0.5, 0.6) is 23.0 Å². The Morgan fingerprint density at radius 3 is 0.750 bits per heavy atom. The maximum atomic E-state index is 12.3. The molecule has 0 unspecified atom stereocenters. The molecule has 0 bridgehead atoms. The van der Waals surface area contributed by atoms with Gasteiger partial charge in [-0.15, -0.1) is 0 Å². The summed E-state index contributed by atoms with van der Waals surface area (Å²) < 4.78 is 31.9. The molecule has 356 valence electrons. The third-order valence-electron chi connectivity index (χ3n) is 11.7. The van der Waals surface area contributed by atoms with E-state index < -0.39 is 11.9 Å². The second kappa shape index (κ2) is 23.1. The first kappa shape index (κ1) is 48.8. The zero-order valence-corrected chi connectivity index (χ0v) is 40.6. The van der Waals surface area contributed by atoms with Crippen LogP contribution in [0.3, 0.4) is 0 Å². The first-order valence-electron chi connectivity index (χ1n) is 22.7. The molecule has 10 heteroatoms. The van der Waals surface area contributed by atoms with Crippen LogP contribution >= 0.6 is 0 Å². The zero-order chi connectivity index (χ0) is 50.4. The van der Waals surface area contributed by atoms with Crippen LogP contribution in [0.15, 0.2) is 194 Å². The van der Waals surface area contributed by atoms with Gasteiger partial charge in [-0.2, -0.15) is 0 Å². The third kappa shape index (κ3) is 11.4. The van der Waals surface area contributed by atoms with Gasteiger partial charge in [-0.3, -0.25) is 0 Å². The molecule has 0 spiro atoms. The minimum Gasteiger partial charge on any atom is -0.497 e. The van der Waals surface area contributed by atoms with Crippen LogP contribution in [-0.4, -0.2) is 54.6 Å². The highest BCUT2D eigenvalue weighted by Gasteiger charge is 2.18. The van der Waals surface area contributed by atoms with Crippen LogP contribution in [0.4, 0.5) is 34.1 Å². The first-order chi connectivity index (χ1) is 35.2. The molecular formula is C62H50N2O8. The minimum absolute atomic E-state index is 0.413. The second-order valence-corrected chi connectivity index (χ2v) is 15.9. The van der Waals surface area contributed by atoms with E-state index in [1.54, 1.807) is 77.0 Å². The van der Waals surface area contributed by atoms with Gasteiger partial charge in [0.2, 0.25) is 0 Å². The van der Waals surface area contributed by atoms with Gasteiger partial charge in [-0.05, 0) is 181 Å². The standard InChI is InChI=1S/C62H50N2O8/c1-67-55-33-25-51(26-34-55)63(52-27-35-56(68-2)36-28-52)49-21-17-45(18-22-49)59(41-11-43-7-13-47(14-8-43)61(65)71-5)60(42-12-44-9-15-48(16-10-44)62(66)72-6)46-19-23-50(24-20-46)64(53-29-37-57(69-3)38-30-53)54-31-39-58(70-4)40-32-54/h7-10,13-40H,1-6H3/b60-59+. The quantitative estimate of drug-likeness (QED) is 0.0596. The van der Waals surface area contributed by atoms with Crippen LogP contribution in [0, 0.1) is 23.7 Å². The number of anilines is 6. The van der Waals surface area contributed by atoms with E-state index in [0.717, 1.165) is 68.2 Å². The maximum absolute atomic E-state index is 12.3. The fourth-order valence-corrected chi connectivity index (χ4v) is 7.82. The molecule has 0 heterocycles. The number of ether oxygens (including phenoxy) is 6. The fraction of sp³-hybridized carbons (Fsp3) is 0.0968. The highest BCUT2D eigenvalue weighted by Crippen LogP contribution is 2.39. The Morgan fingerprint density at radius 1 is 0.306 bits per heavy atom. The Labute approximate surface area is 420 Å². The van der Waals surface area contributed by atoms with E-state index in [1.165, 1.54) is 14.2 Å². The van der Waals surface area contributed by atoms with Crippen molar-refractivity contribution in [1.82, 2.24) is 0 Å². The number of hydrogen-bond acceptors (Lipinski definition) is 10. The number of carbonyl (C=O) groups excluding carboxylic acids is 2. The van der Waals surface area contributed by atoms with E-state index in [1.807, 2.05) is 121 Å². The molecule has 8 aromatic rings. The topological polar surface area (TPSA) is 96.0 Å². The molecule has 0 aliphatic rings. The van der Waals surface area contributed by atoms with E-state index in [9.17, 15) is 9.59 Å². The molecule has 0 atom stereocenters.